The molecule has 14 heavy (non-hydrogen) atoms. The van der Waals surface area contributed by atoms with Gasteiger partial charge in [-0.05, 0) is 0 Å². The Kier molecular flexibility index (Phi) is 5.92. The normalized spacial score (nSPS) is 11.9. The van der Waals surface area contributed by atoms with Crippen LogP contribution in [0.25, 0.3) is 0 Å². The van der Waals surface area contributed by atoms with Crippen molar-refractivity contribution in [3.63, 3.8) is 0 Å². The van der Waals surface area contributed by atoms with Crippen LogP contribution < -0.4 is 0 Å². The first kappa shape index (κ1) is 16.3. The summed E-state index contributed by atoms with van der Waals surface area (Å²) in [6.45, 7) is 11.0. The topological polar surface area (TPSA) is 34.1 Å². The van der Waals surface area contributed by atoms with Crippen LogP contribution in [0.5, 0.6) is 0 Å². The van der Waals surface area contributed by atoms with Crippen LogP contribution in [0.2, 0.25) is 0 Å². The number of carbonyl (C=O) groups is 2. The monoisotopic (exact) mass is 247 g/mol. The first-order valence-corrected chi connectivity index (χ1v) is 4.62. The van der Waals surface area contributed by atoms with Gasteiger partial charge >= 0.3 is 17.1 Å². The van der Waals surface area contributed by atoms with Gasteiger partial charge in [-0.1, -0.05) is 41.5 Å². The number of Topliss-reactive ketones (excluding diaryl/α,β-unsaturated/α-hetero) is 2. The molecule has 0 atom stereocenters. The van der Waals surface area contributed by atoms with E-state index in [0.29, 0.717) is 0 Å². The molecule has 0 N–H and O–H groups in total. The smallest absolute Gasteiger partial charge is 0.299 e. The Balaban J connectivity index is 0. The van der Waals surface area contributed by atoms with Gasteiger partial charge in [0.05, 0.1) is 6.42 Å². The molecule has 0 aliphatic rings. The Morgan fingerprint density at radius 1 is 0.786 bits per heavy atom. The van der Waals surface area contributed by atoms with Crippen LogP contribution in [0.3, 0.4) is 0 Å². The van der Waals surface area contributed by atoms with Crippen molar-refractivity contribution in [3.05, 3.63) is 0 Å². The third-order valence-electron chi connectivity index (χ3n) is 1.99. The van der Waals surface area contributed by atoms with Gasteiger partial charge < -0.3 is 0 Å². The summed E-state index contributed by atoms with van der Waals surface area (Å²) in [5, 5.41) is 0. The van der Waals surface area contributed by atoms with Crippen LogP contribution in [0, 0.1) is 10.8 Å². The molecule has 0 fully saturated rings. The first-order valence-electron chi connectivity index (χ1n) is 4.62. The second kappa shape index (κ2) is 5.09. The molecule has 3 heteroatoms. The van der Waals surface area contributed by atoms with E-state index < -0.39 is 10.8 Å². The van der Waals surface area contributed by atoms with Crippen LogP contribution in [0.15, 0.2) is 0 Å². The third-order valence-corrected chi connectivity index (χ3v) is 1.99. The van der Waals surface area contributed by atoms with E-state index in [1.165, 1.54) is 0 Å². The van der Waals surface area contributed by atoms with Crippen LogP contribution in [-0.4, -0.2) is 11.6 Å². The molecule has 0 saturated heterocycles. The molecule has 0 aromatic heterocycles. The van der Waals surface area contributed by atoms with Crippen LogP contribution in [0.1, 0.15) is 48.0 Å². The Labute approximate surface area is 97.3 Å². The van der Waals surface area contributed by atoms with Gasteiger partial charge in [0, 0.05) is 10.8 Å². The van der Waals surface area contributed by atoms with Crippen molar-refractivity contribution in [3.8, 4) is 0 Å². The van der Waals surface area contributed by atoms with Crippen LogP contribution in [-0.2, 0) is 26.7 Å². The van der Waals surface area contributed by atoms with E-state index in [2.05, 4.69) is 0 Å². The maximum absolute atomic E-state index is 11.5. The average molecular weight is 248 g/mol. The predicted octanol–water partition coefficient (Wildman–Crippen LogP) is 2.60. The number of hydrogen-bond acceptors (Lipinski definition) is 2. The second-order valence-electron chi connectivity index (χ2n) is 5.52. The van der Waals surface area contributed by atoms with Crippen molar-refractivity contribution in [1.29, 1.82) is 0 Å². The van der Waals surface area contributed by atoms with Gasteiger partial charge in [-0.15, -0.1) is 0 Å². The number of carbonyl (C=O) groups excluding carboxylic acids is 2. The van der Waals surface area contributed by atoms with E-state index in [4.69, 9.17) is 0 Å². The van der Waals surface area contributed by atoms with Gasteiger partial charge in [0.1, 0.15) is 11.6 Å². The number of ketones is 2. The minimum atomic E-state index is -0.402. The van der Waals surface area contributed by atoms with Gasteiger partial charge in [-0.25, -0.2) is 0 Å². The summed E-state index contributed by atoms with van der Waals surface area (Å²) in [6.07, 6.45) is 0.0625. The van der Waals surface area contributed by atoms with Gasteiger partial charge in [0.25, 0.3) is 0 Å². The molecule has 2 nitrogen and oxygen atoms in total. The molecule has 0 unspecified atom stereocenters. The van der Waals surface area contributed by atoms with Crippen molar-refractivity contribution in [2.45, 2.75) is 48.0 Å². The zero-order valence-corrected chi connectivity index (χ0v) is 10.8. The summed E-state index contributed by atoms with van der Waals surface area (Å²) in [6, 6.07) is 0. The fourth-order valence-electron chi connectivity index (χ4n) is 0.676. The van der Waals surface area contributed by atoms with E-state index in [0.717, 1.165) is 0 Å². The standard InChI is InChI=1S/C11H20O2.Cu/c1-10(2,3)8(12)7-9(13)11(4,5)6;/h7H2,1-6H3;/q;+2. The van der Waals surface area contributed by atoms with E-state index in [9.17, 15) is 9.59 Å². The molecule has 0 aliphatic carbocycles. The van der Waals surface area contributed by atoms with E-state index in [1.807, 2.05) is 41.5 Å². The summed E-state index contributed by atoms with van der Waals surface area (Å²) < 4.78 is 0. The van der Waals surface area contributed by atoms with Crippen molar-refractivity contribution in [2.75, 3.05) is 0 Å². The zero-order valence-electron chi connectivity index (χ0n) is 9.83. The third kappa shape index (κ3) is 5.56. The zero-order chi connectivity index (χ0) is 10.9. The van der Waals surface area contributed by atoms with E-state index >= 15 is 0 Å². The minimum absolute atomic E-state index is 0. The summed E-state index contributed by atoms with van der Waals surface area (Å²) in [7, 11) is 0. The fraction of sp³-hybridized carbons (Fsp3) is 0.818. The summed E-state index contributed by atoms with van der Waals surface area (Å²) in [5.41, 5.74) is -0.804. The van der Waals surface area contributed by atoms with E-state index in [-0.39, 0.29) is 35.1 Å². The van der Waals surface area contributed by atoms with Gasteiger partial charge in [-0.2, -0.15) is 0 Å². The molecule has 0 aliphatic heterocycles. The van der Waals surface area contributed by atoms with Crippen molar-refractivity contribution in [1.82, 2.24) is 0 Å². The van der Waals surface area contributed by atoms with E-state index in [1.54, 1.807) is 0 Å². The number of hydrogen-bond donors (Lipinski definition) is 0. The van der Waals surface area contributed by atoms with Gasteiger partial charge in [0.2, 0.25) is 0 Å². The molecule has 0 aromatic rings. The molecule has 0 saturated carbocycles. The minimum Gasteiger partial charge on any atom is -0.299 e. The predicted molar refractivity (Wildman–Crippen MR) is 53.5 cm³/mol. The molecule has 85 valence electrons. The van der Waals surface area contributed by atoms with Crippen molar-refractivity contribution < 1.29 is 26.7 Å². The molecular weight excluding hydrogens is 228 g/mol. The maximum Gasteiger partial charge on any atom is 2.00 e. The quantitative estimate of drug-likeness (QED) is 0.555. The first-order chi connectivity index (χ1) is 5.55. The van der Waals surface area contributed by atoms with Crippen molar-refractivity contribution in [2.24, 2.45) is 10.8 Å². The van der Waals surface area contributed by atoms with Crippen molar-refractivity contribution >= 4 is 11.6 Å². The molecule has 0 heterocycles. The maximum atomic E-state index is 11.5. The molecular formula is C11H20CuO2+2. The van der Waals surface area contributed by atoms with Gasteiger partial charge in [-0.3, -0.25) is 9.59 Å². The van der Waals surface area contributed by atoms with Crippen LogP contribution >= 0.6 is 0 Å². The van der Waals surface area contributed by atoms with Crippen LogP contribution in [0.4, 0.5) is 0 Å². The molecule has 0 spiro atoms. The Hall–Kier alpha value is -0.141. The Morgan fingerprint density at radius 2 is 1.00 bits per heavy atom. The average Bonchev–Trinajstić information content (AvgIpc) is 1.82. The molecule has 1 radical (unpaired) electrons. The molecule has 0 rings (SSSR count). The Bertz CT molecular complexity index is 194. The molecule has 0 aromatic carbocycles. The number of rotatable bonds is 2. The summed E-state index contributed by atoms with van der Waals surface area (Å²) >= 11 is 0. The molecule has 0 bridgehead atoms. The fourth-order valence-corrected chi connectivity index (χ4v) is 0.676. The second-order valence-corrected chi connectivity index (χ2v) is 5.52. The summed E-state index contributed by atoms with van der Waals surface area (Å²) in [4.78, 5) is 23.0. The molecule has 0 amide bonds. The largest absolute Gasteiger partial charge is 2.00 e. The van der Waals surface area contributed by atoms with Gasteiger partial charge in [0.15, 0.2) is 0 Å². The SMILES string of the molecule is CC(C)(C)C(=O)CC(=O)C(C)(C)C.[Cu+2]. The summed E-state index contributed by atoms with van der Waals surface area (Å²) in [5.74, 6) is 0.0415. The Morgan fingerprint density at radius 3 is 1.14 bits per heavy atom.